The van der Waals surface area contributed by atoms with Crippen molar-refractivity contribution in [3.8, 4) is 5.82 Å². The maximum atomic E-state index is 4.06. The number of fused-ring (bicyclic) bond motifs is 1. The van der Waals surface area contributed by atoms with E-state index in [1.165, 1.54) is 0 Å². The van der Waals surface area contributed by atoms with Crippen molar-refractivity contribution in [1.82, 2.24) is 25.2 Å². The van der Waals surface area contributed by atoms with Gasteiger partial charge in [0.2, 0.25) is 0 Å². The normalized spacial score (nSPS) is 10.7. The third kappa shape index (κ3) is 1.25. The molecule has 0 saturated carbocycles. The second-order valence-corrected chi connectivity index (χ2v) is 3.10. The van der Waals surface area contributed by atoms with Gasteiger partial charge in [0.15, 0.2) is 5.82 Å². The highest BCUT2D eigenvalue weighted by molar-refractivity contribution is 5.87. The molecule has 5 nitrogen and oxygen atoms in total. The smallest absolute Gasteiger partial charge is 0.185 e. The van der Waals surface area contributed by atoms with Gasteiger partial charge >= 0.3 is 0 Å². The largest absolute Gasteiger partial charge is 0.200 e. The second-order valence-electron chi connectivity index (χ2n) is 3.10. The molecule has 0 spiro atoms. The predicted molar refractivity (Wildman–Crippen MR) is 54.5 cm³/mol. The summed E-state index contributed by atoms with van der Waals surface area (Å²) >= 11 is 0. The Morgan fingerprint density at radius 2 is 2.00 bits per heavy atom. The zero-order chi connectivity index (χ0) is 10.1. The van der Waals surface area contributed by atoms with Crippen LogP contribution in [-0.4, -0.2) is 25.2 Å². The lowest BCUT2D eigenvalue weighted by Gasteiger charge is -2.02. The van der Waals surface area contributed by atoms with Crippen LogP contribution in [0.25, 0.3) is 16.6 Å². The number of hydrogen-bond acceptors (Lipinski definition) is 4. The average molecular weight is 197 g/mol. The Labute approximate surface area is 85.4 Å². The number of nitrogens with zero attached hydrogens (tertiary/aromatic N) is 5. The van der Waals surface area contributed by atoms with Gasteiger partial charge in [-0.25, -0.2) is 0 Å². The van der Waals surface area contributed by atoms with Gasteiger partial charge in [-0.1, -0.05) is 29.5 Å². The molecule has 2 heterocycles. The molecular weight excluding hydrogens is 190 g/mol. The number of benzene rings is 1. The molecule has 0 aliphatic carbocycles. The van der Waals surface area contributed by atoms with Gasteiger partial charge in [0.25, 0.3) is 0 Å². The minimum Gasteiger partial charge on any atom is -0.200 e. The quantitative estimate of drug-likeness (QED) is 0.588. The van der Waals surface area contributed by atoms with Gasteiger partial charge in [0.05, 0.1) is 18.6 Å². The van der Waals surface area contributed by atoms with Crippen molar-refractivity contribution in [1.29, 1.82) is 0 Å². The van der Waals surface area contributed by atoms with Crippen LogP contribution in [0.4, 0.5) is 0 Å². The summed E-state index contributed by atoms with van der Waals surface area (Å²) in [5.41, 5.74) is 0. The van der Waals surface area contributed by atoms with E-state index in [4.69, 9.17) is 0 Å². The minimum atomic E-state index is 0.700. The summed E-state index contributed by atoms with van der Waals surface area (Å²) in [6.07, 6.45) is 5.09. The van der Waals surface area contributed by atoms with Crippen molar-refractivity contribution in [3.05, 3.63) is 42.9 Å². The van der Waals surface area contributed by atoms with Gasteiger partial charge in [0.1, 0.15) is 0 Å². The molecule has 0 aliphatic heterocycles. The van der Waals surface area contributed by atoms with Crippen LogP contribution in [0.5, 0.6) is 0 Å². The molecule has 2 aromatic heterocycles. The summed E-state index contributed by atoms with van der Waals surface area (Å²) in [4.78, 5) is 0. The molecule has 0 amide bonds. The van der Waals surface area contributed by atoms with Crippen LogP contribution in [0.15, 0.2) is 42.9 Å². The molecule has 0 aliphatic rings. The SMILES string of the molecule is c1ccc2c(-n3ccnn3)nncc2c1. The summed E-state index contributed by atoms with van der Waals surface area (Å²) in [6.45, 7) is 0. The lowest BCUT2D eigenvalue weighted by Crippen LogP contribution is -2.00. The number of hydrogen-bond donors (Lipinski definition) is 0. The van der Waals surface area contributed by atoms with E-state index in [0.717, 1.165) is 10.8 Å². The monoisotopic (exact) mass is 197 g/mol. The lowest BCUT2D eigenvalue weighted by atomic mass is 10.2. The van der Waals surface area contributed by atoms with Crippen molar-refractivity contribution in [2.75, 3.05) is 0 Å². The van der Waals surface area contributed by atoms with E-state index in [1.807, 2.05) is 24.3 Å². The van der Waals surface area contributed by atoms with E-state index in [0.29, 0.717) is 5.82 Å². The van der Waals surface area contributed by atoms with Crippen LogP contribution in [0.1, 0.15) is 0 Å². The molecule has 0 N–H and O–H groups in total. The third-order valence-corrected chi connectivity index (χ3v) is 2.19. The van der Waals surface area contributed by atoms with E-state index >= 15 is 0 Å². The molecule has 72 valence electrons. The summed E-state index contributed by atoms with van der Waals surface area (Å²) in [7, 11) is 0. The van der Waals surface area contributed by atoms with Crippen molar-refractivity contribution in [2.24, 2.45) is 0 Å². The average Bonchev–Trinajstić information content (AvgIpc) is 2.82. The van der Waals surface area contributed by atoms with E-state index in [2.05, 4.69) is 20.5 Å². The Hall–Kier alpha value is -2.30. The molecule has 0 bridgehead atoms. The first-order chi connectivity index (χ1) is 7.45. The molecule has 3 aromatic rings. The second kappa shape index (κ2) is 3.13. The molecule has 5 heteroatoms. The molecule has 0 atom stereocenters. The fourth-order valence-corrected chi connectivity index (χ4v) is 1.50. The van der Waals surface area contributed by atoms with E-state index < -0.39 is 0 Å². The molecule has 0 saturated heterocycles. The van der Waals surface area contributed by atoms with Crippen LogP contribution in [0, 0.1) is 0 Å². The summed E-state index contributed by atoms with van der Waals surface area (Å²) in [6, 6.07) is 7.91. The van der Waals surface area contributed by atoms with Crippen molar-refractivity contribution in [3.63, 3.8) is 0 Å². The Morgan fingerprint density at radius 1 is 1.07 bits per heavy atom. The van der Waals surface area contributed by atoms with Gasteiger partial charge in [0, 0.05) is 10.8 Å². The molecule has 0 fully saturated rings. The fourth-order valence-electron chi connectivity index (χ4n) is 1.50. The first-order valence-corrected chi connectivity index (χ1v) is 4.52. The standard InChI is InChI=1S/C10H7N5/c1-2-4-9-8(3-1)7-12-13-10(9)15-6-5-11-14-15/h1-7H. The zero-order valence-corrected chi connectivity index (χ0v) is 7.78. The van der Waals surface area contributed by atoms with Crippen molar-refractivity contribution in [2.45, 2.75) is 0 Å². The maximum Gasteiger partial charge on any atom is 0.185 e. The van der Waals surface area contributed by atoms with Crippen LogP contribution in [-0.2, 0) is 0 Å². The van der Waals surface area contributed by atoms with Crippen molar-refractivity contribution >= 4 is 10.8 Å². The van der Waals surface area contributed by atoms with Gasteiger partial charge in [-0.05, 0) is 0 Å². The third-order valence-electron chi connectivity index (χ3n) is 2.19. The molecular formula is C10H7N5. The van der Waals surface area contributed by atoms with Gasteiger partial charge in [-0.15, -0.1) is 10.2 Å². The minimum absolute atomic E-state index is 0.700. The van der Waals surface area contributed by atoms with Crippen LogP contribution in [0.2, 0.25) is 0 Å². The van der Waals surface area contributed by atoms with Gasteiger partial charge < -0.3 is 0 Å². The number of rotatable bonds is 1. The highest BCUT2D eigenvalue weighted by Gasteiger charge is 2.04. The summed E-state index contributed by atoms with van der Waals surface area (Å²) < 4.78 is 1.61. The summed E-state index contributed by atoms with van der Waals surface area (Å²) in [5.74, 6) is 0.700. The van der Waals surface area contributed by atoms with E-state index in [1.54, 1.807) is 23.3 Å². The van der Waals surface area contributed by atoms with E-state index in [9.17, 15) is 0 Å². The topological polar surface area (TPSA) is 56.5 Å². The Balaban J connectivity index is 2.36. The Kier molecular flexibility index (Phi) is 1.68. The van der Waals surface area contributed by atoms with E-state index in [-0.39, 0.29) is 0 Å². The molecule has 1 aromatic carbocycles. The Bertz CT molecular complexity index is 582. The first kappa shape index (κ1) is 8.05. The number of aromatic nitrogens is 5. The fraction of sp³-hybridized carbons (Fsp3) is 0. The van der Waals surface area contributed by atoms with Crippen LogP contribution < -0.4 is 0 Å². The molecule has 3 rings (SSSR count). The van der Waals surface area contributed by atoms with Gasteiger partial charge in [-0.2, -0.15) is 9.78 Å². The van der Waals surface area contributed by atoms with Crippen LogP contribution in [0.3, 0.4) is 0 Å². The van der Waals surface area contributed by atoms with Crippen LogP contribution >= 0.6 is 0 Å². The molecule has 15 heavy (non-hydrogen) atoms. The highest BCUT2D eigenvalue weighted by atomic mass is 15.4. The van der Waals surface area contributed by atoms with Gasteiger partial charge in [-0.3, -0.25) is 0 Å². The lowest BCUT2D eigenvalue weighted by molar-refractivity contribution is 0.770. The molecule has 0 unspecified atom stereocenters. The summed E-state index contributed by atoms with van der Waals surface area (Å²) in [5, 5.41) is 17.7. The Morgan fingerprint density at radius 3 is 2.87 bits per heavy atom. The first-order valence-electron chi connectivity index (χ1n) is 4.52. The zero-order valence-electron chi connectivity index (χ0n) is 7.78. The van der Waals surface area contributed by atoms with Crippen molar-refractivity contribution < 1.29 is 0 Å². The highest BCUT2D eigenvalue weighted by Crippen LogP contribution is 2.17. The molecule has 0 radical (unpaired) electrons. The predicted octanol–water partition coefficient (Wildman–Crippen LogP) is 1.21. The maximum absolute atomic E-state index is 4.06.